The topological polar surface area (TPSA) is 78.9 Å². The van der Waals surface area contributed by atoms with Gasteiger partial charge in [0.1, 0.15) is 5.37 Å². The SMILES string of the molecule is CCOC(=O)CCC(=O)Nc1ccc(C2SCC(=O)N2c2ccc(N(C)C)cc2)cc1. The van der Waals surface area contributed by atoms with Crippen molar-refractivity contribution < 1.29 is 19.1 Å². The number of carbonyl (C=O) groups excluding carboxylic acids is 3. The average Bonchev–Trinajstić information content (AvgIpc) is 3.14. The first-order chi connectivity index (χ1) is 14.9. The minimum Gasteiger partial charge on any atom is -0.466 e. The minimum atomic E-state index is -0.380. The van der Waals surface area contributed by atoms with E-state index in [1.54, 1.807) is 18.7 Å². The third-order valence-corrected chi connectivity index (χ3v) is 6.07. The van der Waals surface area contributed by atoms with Gasteiger partial charge in [-0.25, -0.2) is 0 Å². The third-order valence-electron chi connectivity index (χ3n) is 4.85. The van der Waals surface area contributed by atoms with Crippen LogP contribution in [-0.2, 0) is 19.1 Å². The molecule has 0 aromatic heterocycles. The highest BCUT2D eigenvalue weighted by Gasteiger charge is 2.34. The monoisotopic (exact) mass is 441 g/mol. The van der Waals surface area contributed by atoms with E-state index >= 15 is 0 Å². The molecule has 8 heteroatoms. The number of thioether (sulfide) groups is 1. The molecule has 2 aromatic carbocycles. The molecule has 1 unspecified atom stereocenters. The van der Waals surface area contributed by atoms with Crippen molar-refractivity contribution in [1.29, 1.82) is 0 Å². The first kappa shape index (κ1) is 22.7. The number of hydrogen-bond acceptors (Lipinski definition) is 6. The molecular formula is C23H27N3O4S. The minimum absolute atomic E-state index is 0.0557. The van der Waals surface area contributed by atoms with Crippen LogP contribution >= 0.6 is 11.8 Å². The number of amides is 2. The quantitative estimate of drug-likeness (QED) is 0.628. The molecule has 164 valence electrons. The number of benzene rings is 2. The Morgan fingerprint density at radius 2 is 1.77 bits per heavy atom. The lowest BCUT2D eigenvalue weighted by atomic mass is 10.1. The molecule has 3 rings (SSSR count). The number of nitrogens with one attached hydrogen (secondary N) is 1. The van der Waals surface area contributed by atoms with Crippen LogP contribution in [0.4, 0.5) is 17.1 Å². The van der Waals surface area contributed by atoms with Gasteiger partial charge in [0.25, 0.3) is 0 Å². The first-order valence-electron chi connectivity index (χ1n) is 10.2. The van der Waals surface area contributed by atoms with Gasteiger partial charge < -0.3 is 15.0 Å². The maximum Gasteiger partial charge on any atom is 0.306 e. The molecule has 0 spiro atoms. The van der Waals surface area contributed by atoms with Crippen LogP contribution in [0.5, 0.6) is 0 Å². The van der Waals surface area contributed by atoms with Gasteiger partial charge in [-0.15, -0.1) is 11.8 Å². The molecule has 7 nitrogen and oxygen atoms in total. The smallest absolute Gasteiger partial charge is 0.306 e. The van der Waals surface area contributed by atoms with Gasteiger partial charge in [-0.3, -0.25) is 19.3 Å². The predicted octanol–water partition coefficient (Wildman–Crippen LogP) is 3.81. The van der Waals surface area contributed by atoms with Gasteiger partial charge in [-0.05, 0) is 48.9 Å². The number of rotatable bonds is 8. The summed E-state index contributed by atoms with van der Waals surface area (Å²) >= 11 is 1.58. The van der Waals surface area contributed by atoms with Crippen LogP contribution in [0.2, 0.25) is 0 Å². The van der Waals surface area contributed by atoms with Crippen molar-refractivity contribution >= 4 is 46.6 Å². The Bertz CT molecular complexity index is 929. The maximum absolute atomic E-state index is 12.6. The van der Waals surface area contributed by atoms with Gasteiger partial charge in [0.2, 0.25) is 11.8 Å². The first-order valence-corrected chi connectivity index (χ1v) is 11.2. The van der Waals surface area contributed by atoms with Gasteiger partial charge in [0.15, 0.2) is 0 Å². The maximum atomic E-state index is 12.6. The molecule has 1 aliphatic rings. The van der Waals surface area contributed by atoms with E-state index in [1.807, 2.05) is 72.4 Å². The Morgan fingerprint density at radius 3 is 2.39 bits per heavy atom. The third kappa shape index (κ3) is 5.79. The van der Waals surface area contributed by atoms with Gasteiger partial charge >= 0.3 is 5.97 Å². The van der Waals surface area contributed by atoms with Crippen molar-refractivity contribution in [2.75, 3.05) is 41.6 Å². The second-order valence-electron chi connectivity index (χ2n) is 7.31. The molecule has 0 radical (unpaired) electrons. The van der Waals surface area contributed by atoms with Crippen molar-refractivity contribution in [3.63, 3.8) is 0 Å². The fraction of sp³-hybridized carbons (Fsp3) is 0.348. The predicted molar refractivity (Wildman–Crippen MR) is 124 cm³/mol. The zero-order valence-corrected chi connectivity index (χ0v) is 18.8. The van der Waals surface area contributed by atoms with E-state index in [9.17, 15) is 14.4 Å². The second-order valence-corrected chi connectivity index (χ2v) is 8.38. The van der Waals surface area contributed by atoms with E-state index in [1.165, 1.54) is 0 Å². The molecule has 1 heterocycles. The fourth-order valence-corrected chi connectivity index (χ4v) is 4.44. The van der Waals surface area contributed by atoms with Crippen molar-refractivity contribution in [3.8, 4) is 0 Å². The molecule has 0 aliphatic carbocycles. The van der Waals surface area contributed by atoms with Crippen LogP contribution in [0.15, 0.2) is 48.5 Å². The highest BCUT2D eigenvalue weighted by atomic mass is 32.2. The Kier molecular flexibility index (Phi) is 7.57. The molecule has 0 saturated carbocycles. The van der Waals surface area contributed by atoms with E-state index in [2.05, 4.69) is 5.32 Å². The largest absolute Gasteiger partial charge is 0.466 e. The van der Waals surface area contributed by atoms with Gasteiger partial charge in [-0.1, -0.05) is 12.1 Å². The Balaban J connectivity index is 1.66. The molecule has 1 saturated heterocycles. The highest BCUT2D eigenvalue weighted by molar-refractivity contribution is 8.00. The van der Waals surface area contributed by atoms with Crippen LogP contribution in [0, 0.1) is 0 Å². The summed E-state index contributed by atoms with van der Waals surface area (Å²) in [6.45, 7) is 2.04. The summed E-state index contributed by atoms with van der Waals surface area (Å²) in [5.74, 6) is -0.126. The van der Waals surface area contributed by atoms with Crippen LogP contribution in [-0.4, -0.2) is 44.2 Å². The van der Waals surface area contributed by atoms with E-state index in [0.717, 1.165) is 16.9 Å². The zero-order valence-electron chi connectivity index (χ0n) is 18.0. The molecule has 1 aliphatic heterocycles. The lowest BCUT2D eigenvalue weighted by Crippen LogP contribution is -2.27. The second kappa shape index (κ2) is 10.3. The molecule has 1 N–H and O–H groups in total. The Hall–Kier alpha value is -3.00. The summed E-state index contributed by atoms with van der Waals surface area (Å²) in [5, 5.41) is 2.67. The van der Waals surface area contributed by atoms with E-state index in [4.69, 9.17) is 4.74 Å². The van der Waals surface area contributed by atoms with Crippen molar-refractivity contribution in [1.82, 2.24) is 0 Å². The standard InChI is InChI=1S/C23H27N3O4S/c1-4-30-22(29)14-13-20(27)24-17-7-5-16(6-8-17)23-26(21(28)15-31-23)19-11-9-18(10-12-19)25(2)3/h5-12,23H,4,13-15H2,1-3H3,(H,24,27). The molecule has 0 bridgehead atoms. The summed E-state index contributed by atoms with van der Waals surface area (Å²) in [6, 6.07) is 15.4. The molecule has 2 aromatic rings. The van der Waals surface area contributed by atoms with E-state index in [0.29, 0.717) is 18.0 Å². The summed E-state index contributed by atoms with van der Waals surface area (Å²) in [5.41, 5.74) is 3.57. The molecular weight excluding hydrogens is 414 g/mol. The van der Waals surface area contributed by atoms with Crippen molar-refractivity contribution in [3.05, 3.63) is 54.1 Å². The van der Waals surface area contributed by atoms with Gasteiger partial charge in [0, 0.05) is 37.6 Å². The van der Waals surface area contributed by atoms with Crippen molar-refractivity contribution in [2.24, 2.45) is 0 Å². The fourth-order valence-electron chi connectivity index (χ4n) is 3.26. The summed E-state index contributed by atoms with van der Waals surface area (Å²) < 4.78 is 4.83. The van der Waals surface area contributed by atoms with Gasteiger partial charge in [0.05, 0.1) is 18.8 Å². The summed E-state index contributed by atoms with van der Waals surface area (Å²) in [6.07, 6.45) is 0.129. The summed E-state index contributed by atoms with van der Waals surface area (Å²) in [4.78, 5) is 39.8. The lowest BCUT2D eigenvalue weighted by molar-refractivity contribution is -0.144. The van der Waals surface area contributed by atoms with Crippen molar-refractivity contribution in [2.45, 2.75) is 25.1 Å². The normalized spacial score (nSPS) is 15.6. The van der Waals surface area contributed by atoms with Crippen LogP contribution in [0.3, 0.4) is 0 Å². The van der Waals surface area contributed by atoms with Crippen LogP contribution in [0.25, 0.3) is 0 Å². The number of carbonyl (C=O) groups is 3. The molecule has 1 atom stereocenters. The van der Waals surface area contributed by atoms with Gasteiger partial charge in [-0.2, -0.15) is 0 Å². The Labute approximate surface area is 186 Å². The number of hydrogen-bond donors (Lipinski definition) is 1. The highest BCUT2D eigenvalue weighted by Crippen LogP contribution is 2.42. The van der Waals surface area contributed by atoms with Crippen LogP contribution < -0.4 is 15.1 Å². The van der Waals surface area contributed by atoms with E-state index in [-0.39, 0.29) is 36.0 Å². The zero-order chi connectivity index (χ0) is 22.4. The lowest BCUT2D eigenvalue weighted by Gasteiger charge is -2.25. The molecule has 2 amide bonds. The van der Waals surface area contributed by atoms with E-state index < -0.39 is 0 Å². The average molecular weight is 442 g/mol. The molecule has 1 fully saturated rings. The van der Waals surface area contributed by atoms with Crippen LogP contribution in [0.1, 0.15) is 30.7 Å². The number of anilines is 3. The Morgan fingerprint density at radius 1 is 1.10 bits per heavy atom. The molecule has 31 heavy (non-hydrogen) atoms. The number of esters is 1. The summed E-state index contributed by atoms with van der Waals surface area (Å²) in [7, 11) is 3.96. The number of ether oxygens (including phenoxy) is 1. The number of nitrogens with zero attached hydrogens (tertiary/aromatic N) is 2.